The number of carboxylic acid groups (broad SMARTS) is 1. The van der Waals surface area contributed by atoms with Crippen molar-refractivity contribution in [1.82, 2.24) is 20.2 Å². The van der Waals surface area contributed by atoms with E-state index in [1.807, 2.05) is 0 Å². The summed E-state index contributed by atoms with van der Waals surface area (Å²) in [5.41, 5.74) is -0.355. The number of nitrogens with one attached hydrogen (secondary N) is 2. The maximum Gasteiger partial charge on any atom is 0.354 e. The van der Waals surface area contributed by atoms with Crippen LogP contribution in [0.5, 0.6) is 0 Å². The van der Waals surface area contributed by atoms with Gasteiger partial charge < -0.3 is 20.3 Å². The maximum atomic E-state index is 11.8. The van der Waals surface area contributed by atoms with E-state index >= 15 is 0 Å². The van der Waals surface area contributed by atoms with Crippen LogP contribution >= 0.6 is 0 Å². The largest absolute Gasteiger partial charge is 0.477 e. The second kappa shape index (κ2) is 6.18. The SMILES string of the molecule is O=C(NCCCN1CCCC1=O)c1nc[nH]c1C(=O)O. The molecule has 1 aromatic rings. The van der Waals surface area contributed by atoms with E-state index < -0.39 is 11.9 Å². The van der Waals surface area contributed by atoms with Crippen LogP contribution in [-0.4, -0.2) is 57.4 Å². The van der Waals surface area contributed by atoms with Gasteiger partial charge in [-0.25, -0.2) is 9.78 Å². The number of rotatable bonds is 6. The first-order valence-corrected chi connectivity index (χ1v) is 6.42. The number of carbonyl (C=O) groups excluding carboxylic acids is 2. The first-order valence-electron chi connectivity index (χ1n) is 6.42. The third kappa shape index (κ3) is 3.14. The zero-order chi connectivity index (χ0) is 14.5. The Labute approximate surface area is 115 Å². The van der Waals surface area contributed by atoms with Crippen molar-refractivity contribution in [2.24, 2.45) is 0 Å². The molecule has 1 fully saturated rings. The molecule has 0 aliphatic carbocycles. The molecule has 0 radical (unpaired) electrons. The summed E-state index contributed by atoms with van der Waals surface area (Å²) in [4.78, 5) is 41.8. The lowest BCUT2D eigenvalue weighted by atomic mass is 10.3. The van der Waals surface area contributed by atoms with Crippen molar-refractivity contribution in [2.45, 2.75) is 19.3 Å². The Morgan fingerprint density at radius 1 is 1.50 bits per heavy atom. The topological polar surface area (TPSA) is 115 Å². The second-order valence-corrected chi connectivity index (χ2v) is 4.53. The van der Waals surface area contributed by atoms with Crippen LogP contribution in [0.3, 0.4) is 0 Å². The predicted molar refractivity (Wildman–Crippen MR) is 68.3 cm³/mol. The van der Waals surface area contributed by atoms with Crippen LogP contribution in [0.25, 0.3) is 0 Å². The van der Waals surface area contributed by atoms with Crippen molar-refractivity contribution in [3.8, 4) is 0 Å². The number of H-pyrrole nitrogens is 1. The number of likely N-dealkylation sites (tertiary alicyclic amines) is 1. The van der Waals surface area contributed by atoms with Crippen molar-refractivity contribution >= 4 is 17.8 Å². The van der Waals surface area contributed by atoms with Gasteiger partial charge in [-0.3, -0.25) is 9.59 Å². The standard InChI is InChI=1S/C12H16N4O4/c17-8-3-1-5-16(8)6-2-4-13-11(18)9-10(12(19)20)15-7-14-9/h7H,1-6H2,(H,13,18)(H,14,15)(H,19,20). The molecule has 8 heteroatoms. The van der Waals surface area contributed by atoms with E-state index in [-0.39, 0.29) is 17.3 Å². The molecule has 3 N–H and O–H groups in total. The normalized spacial score (nSPS) is 14.6. The Morgan fingerprint density at radius 3 is 2.95 bits per heavy atom. The van der Waals surface area contributed by atoms with Gasteiger partial charge in [-0.15, -0.1) is 0 Å². The zero-order valence-corrected chi connectivity index (χ0v) is 10.9. The predicted octanol–water partition coefficient (Wildman–Crippen LogP) is -0.150. The van der Waals surface area contributed by atoms with Gasteiger partial charge in [0.25, 0.3) is 5.91 Å². The lowest BCUT2D eigenvalue weighted by molar-refractivity contribution is -0.127. The smallest absolute Gasteiger partial charge is 0.354 e. The average Bonchev–Trinajstić information content (AvgIpc) is 3.03. The number of aromatic carboxylic acids is 1. The Balaban J connectivity index is 1.76. The third-order valence-corrected chi connectivity index (χ3v) is 3.13. The molecule has 0 unspecified atom stereocenters. The van der Waals surface area contributed by atoms with Gasteiger partial charge in [0.05, 0.1) is 6.33 Å². The van der Waals surface area contributed by atoms with Crippen LogP contribution in [0.1, 0.15) is 40.2 Å². The number of hydrogen-bond acceptors (Lipinski definition) is 4. The van der Waals surface area contributed by atoms with E-state index in [0.29, 0.717) is 25.9 Å². The molecular weight excluding hydrogens is 264 g/mol. The van der Waals surface area contributed by atoms with Gasteiger partial charge >= 0.3 is 5.97 Å². The third-order valence-electron chi connectivity index (χ3n) is 3.13. The summed E-state index contributed by atoms with van der Waals surface area (Å²) in [5.74, 6) is -1.61. The van der Waals surface area contributed by atoms with Gasteiger partial charge in [0.15, 0.2) is 11.4 Å². The molecule has 8 nitrogen and oxygen atoms in total. The minimum Gasteiger partial charge on any atom is -0.477 e. The van der Waals surface area contributed by atoms with E-state index in [4.69, 9.17) is 5.11 Å². The Kier molecular flexibility index (Phi) is 4.34. The summed E-state index contributed by atoms with van der Waals surface area (Å²) in [6.45, 7) is 1.75. The zero-order valence-electron chi connectivity index (χ0n) is 10.9. The average molecular weight is 280 g/mol. The number of imidazole rings is 1. The number of carboxylic acids is 1. The molecule has 20 heavy (non-hydrogen) atoms. The fourth-order valence-corrected chi connectivity index (χ4v) is 2.13. The van der Waals surface area contributed by atoms with Gasteiger partial charge in [-0.05, 0) is 12.8 Å². The van der Waals surface area contributed by atoms with Crippen molar-refractivity contribution in [3.05, 3.63) is 17.7 Å². The minimum absolute atomic E-state index is 0.130. The molecule has 0 spiro atoms. The molecule has 1 aliphatic heterocycles. The van der Waals surface area contributed by atoms with Gasteiger partial charge in [0, 0.05) is 26.1 Å². The minimum atomic E-state index is -1.23. The maximum absolute atomic E-state index is 11.8. The number of aromatic amines is 1. The lowest BCUT2D eigenvalue weighted by Gasteiger charge is -2.15. The molecule has 0 atom stereocenters. The highest BCUT2D eigenvalue weighted by atomic mass is 16.4. The molecular formula is C12H16N4O4. The summed E-state index contributed by atoms with van der Waals surface area (Å²) in [7, 11) is 0. The molecule has 1 aromatic heterocycles. The van der Waals surface area contributed by atoms with E-state index in [9.17, 15) is 14.4 Å². The van der Waals surface area contributed by atoms with E-state index in [1.54, 1.807) is 4.90 Å². The summed E-state index contributed by atoms with van der Waals surface area (Å²) in [6.07, 6.45) is 3.29. The monoisotopic (exact) mass is 280 g/mol. The van der Waals surface area contributed by atoms with Crippen LogP contribution < -0.4 is 5.32 Å². The first-order chi connectivity index (χ1) is 9.59. The molecule has 0 bridgehead atoms. The lowest BCUT2D eigenvalue weighted by Crippen LogP contribution is -2.31. The Bertz CT molecular complexity index is 525. The number of aromatic nitrogens is 2. The molecule has 2 heterocycles. The molecule has 108 valence electrons. The molecule has 1 aliphatic rings. The summed E-state index contributed by atoms with van der Waals surface area (Å²) < 4.78 is 0. The highest BCUT2D eigenvalue weighted by Crippen LogP contribution is 2.09. The van der Waals surface area contributed by atoms with Crippen molar-refractivity contribution in [2.75, 3.05) is 19.6 Å². The number of amides is 2. The number of hydrogen-bond donors (Lipinski definition) is 3. The van der Waals surface area contributed by atoms with Crippen molar-refractivity contribution < 1.29 is 19.5 Å². The van der Waals surface area contributed by atoms with Crippen molar-refractivity contribution in [1.29, 1.82) is 0 Å². The highest BCUT2D eigenvalue weighted by molar-refractivity contribution is 6.02. The summed E-state index contributed by atoms with van der Waals surface area (Å²) >= 11 is 0. The van der Waals surface area contributed by atoms with Crippen LogP contribution in [0, 0.1) is 0 Å². The van der Waals surface area contributed by atoms with Crippen LogP contribution in [0.15, 0.2) is 6.33 Å². The summed E-state index contributed by atoms with van der Waals surface area (Å²) in [6, 6.07) is 0. The molecule has 0 aromatic carbocycles. The fourth-order valence-electron chi connectivity index (χ4n) is 2.13. The molecule has 1 saturated heterocycles. The Morgan fingerprint density at radius 2 is 2.30 bits per heavy atom. The number of nitrogens with zero attached hydrogens (tertiary/aromatic N) is 2. The van der Waals surface area contributed by atoms with Crippen LogP contribution in [-0.2, 0) is 4.79 Å². The van der Waals surface area contributed by atoms with E-state index in [0.717, 1.165) is 13.0 Å². The van der Waals surface area contributed by atoms with Gasteiger partial charge in [-0.1, -0.05) is 0 Å². The van der Waals surface area contributed by atoms with Crippen molar-refractivity contribution in [3.63, 3.8) is 0 Å². The molecule has 2 amide bonds. The molecule has 0 saturated carbocycles. The first kappa shape index (κ1) is 14.0. The number of carbonyl (C=O) groups is 3. The fraction of sp³-hybridized carbons (Fsp3) is 0.500. The van der Waals surface area contributed by atoms with Crippen LogP contribution in [0.4, 0.5) is 0 Å². The van der Waals surface area contributed by atoms with Gasteiger partial charge in [-0.2, -0.15) is 0 Å². The summed E-state index contributed by atoms with van der Waals surface area (Å²) in [5, 5.41) is 11.4. The van der Waals surface area contributed by atoms with E-state index in [2.05, 4.69) is 15.3 Å². The van der Waals surface area contributed by atoms with Gasteiger partial charge in [0.1, 0.15) is 0 Å². The highest BCUT2D eigenvalue weighted by Gasteiger charge is 2.21. The quantitative estimate of drug-likeness (QED) is 0.627. The van der Waals surface area contributed by atoms with Crippen LogP contribution in [0.2, 0.25) is 0 Å². The van der Waals surface area contributed by atoms with E-state index in [1.165, 1.54) is 6.33 Å². The second-order valence-electron chi connectivity index (χ2n) is 4.53. The van der Waals surface area contributed by atoms with Gasteiger partial charge in [0.2, 0.25) is 5.91 Å². The molecule has 2 rings (SSSR count). The Hall–Kier alpha value is -2.38.